The predicted molar refractivity (Wildman–Crippen MR) is 101 cm³/mol. The standard InChI is InChI=1S/C20H24F3N3O3/c1-12(2)26-10-14(9-24-26)18-16(6-7-28-18)19(27)25-15-4-5-17(13(3)8-15)29-11-20(21,22)23/h4-5,8-10,12,16,18H,6-7,11H2,1-3H3,(H,25,27)/t16-,18+/m1/s1. The number of carbonyl (C=O) groups is 1. The number of aromatic nitrogens is 2. The van der Waals surface area contributed by atoms with Gasteiger partial charge in [0.05, 0.1) is 18.2 Å². The molecule has 0 aliphatic carbocycles. The van der Waals surface area contributed by atoms with E-state index in [9.17, 15) is 18.0 Å². The van der Waals surface area contributed by atoms with E-state index < -0.39 is 12.8 Å². The Hall–Kier alpha value is -2.55. The Labute approximate surface area is 167 Å². The van der Waals surface area contributed by atoms with E-state index in [0.717, 1.165) is 5.56 Å². The van der Waals surface area contributed by atoms with Gasteiger partial charge in [0.15, 0.2) is 6.61 Å². The van der Waals surface area contributed by atoms with Gasteiger partial charge in [-0.25, -0.2) is 0 Å². The van der Waals surface area contributed by atoms with E-state index in [1.807, 2.05) is 24.7 Å². The maximum atomic E-state index is 12.8. The average Bonchev–Trinajstić information content (AvgIpc) is 3.29. The second kappa shape index (κ2) is 8.44. The highest BCUT2D eigenvalue weighted by Gasteiger charge is 2.36. The molecule has 3 rings (SSSR count). The summed E-state index contributed by atoms with van der Waals surface area (Å²) in [6.45, 7) is 4.77. The van der Waals surface area contributed by atoms with Crippen LogP contribution in [0.1, 0.15) is 43.5 Å². The number of ether oxygens (including phenoxy) is 2. The molecule has 1 N–H and O–H groups in total. The summed E-state index contributed by atoms with van der Waals surface area (Å²) in [6.07, 6.45) is -0.599. The van der Waals surface area contributed by atoms with E-state index in [4.69, 9.17) is 9.47 Å². The summed E-state index contributed by atoms with van der Waals surface area (Å²) in [5.74, 6) is -0.446. The Morgan fingerprint density at radius 1 is 1.41 bits per heavy atom. The molecule has 1 aliphatic rings. The van der Waals surface area contributed by atoms with E-state index >= 15 is 0 Å². The number of hydrogen-bond acceptors (Lipinski definition) is 4. The molecule has 0 radical (unpaired) electrons. The molecule has 158 valence electrons. The lowest BCUT2D eigenvalue weighted by atomic mass is 9.96. The summed E-state index contributed by atoms with van der Waals surface area (Å²) in [6, 6.07) is 4.74. The van der Waals surface area contributed by atoms with Gasteiger partial charge < -0.3 is 14.8 Å². The molecule has 0 unspecified atom stereocenters. The third-order valence-electron chi connectivity index (χ3n) is 4.74. The highest BCUT2D eigenvalue weighted by molar-refractivity contribution is 5.93. The molecule has 2 aromatic rings. The van der Waals surface area contributed by atoms with E-state index in [1.54, 1.807) is 19.2 Å². The number of carbonyl (C=O) groups excluding carboxylic acids is 1. The van der Waals surface area contributed by atoms with E-state index in [-0.39, 0.29) is 29.7 Å². The van der Waals surface area contributed by atoms with Crippen molar-refractivity contribution in [3.63, 3.8) is 0 Å². The zero-order chi connectivity index (χ0) is 21.2. The lowest BCUT2D eigenvalue weighted by molar-refractivity contribution is -0.153. The summed E-state index contributed by atoms with van der Waals surface area (Å²) < 4.78 is 49.3. The highest BCUT2D eigenvalue weighted by Crippen LogP contribution is 2.35. The smallest absolute Gasteiger partial charge is 0.422 e. The lowest BCUT2D eigenvalue weighted by Gasteiger charge is -2.18. The third kappa shape index (κ3) is 5.29. The van der Waals surface area contributed by atoms with Crippen LogP contribution in [0.15, 0.2) is 30.6 Å². The van der Waals surface area contributed by atoms with E-state index in [2.05, 4.69) is 10.4 Å². The normalized spacial score (nSPS) is 19.6. The minimum absolute atomic E-state index is 0.128. The number of rotatable bonds is 6. The number of benzene rings is 1. The average molecular weight is 411 g/mol. The molecule has 1 amide bonds. The number of amides is 1. The van der Waals surface area contributed by atoms with Crippen LogP contribution in [-0.4, -0.2) is 35.1 Å². The first-order valence-electron chi connectivity index (χ1n) is 9.41. The Morgan fingerprint density at radius 2 is 2.17 bits per heavy atom. The van der Waals surface area contributed by atoms with Crippen LogP contribution in [0.4, 0.5) is 18.9 Å². The molecule has 2 atom stereocenters. The molecule has 1 aliphatic heterocycles. The molecular weight excluding hydrogens is 387 g/mol. The van der Waals surface area contributed by atoms with Crippen molar-refractivity contribution in [3.05, 3.63) is 41.7 Å². The Balaban J connectivity index is 1.66. The molecule has 9 heteroatoms. The summed E-state index contributed by atoms with van der Waals surface area (Å²) in [7, 11) is 0. The van der Waals surface area contributed by atoms with Crippen molar-refractivity contribution < 1.29 is 27.4 Å². The number of hydrogen-bond donors (Lipinski definition) is 1. The quantitative estimate of drug-likeness (QED) is 0.764. The Kier molecular flexibility index (Phi) is 6.16. The Bertz CT molecular complexity index is 864. The molecule has 2 heterocycles. The second-order valence-electron chi connectivity index (χ2n) is 7.41. The van der Waals surface area contributed by atoms with Gasteiger partial charge in [-0.3, -0.25) is 9.48 Å². The molecule has 1 fully saturated rings. The monoisotopic (exact) mass is 411 g/mol. The van der Waals surface area contributed by atoms with Gasteiger partial charge in [0, 0.05) is 30.1 Å². The fraction of sp³-hybridized carbons (Fsp3) is 0.500. The van der Waals surface area contributed by atoms with Crippen molar-refractivity contribution >= 4 is 11.6 Å². The van der Waals surface area contributed by atoms with Gasteiger partial charge in [0.25, 0.3) is 0 Å². The minimum Gasteiger partial charge on any atom is -0.484 e. The third-order valence-corrected chi connectivity index (χ3v) is 4.74. The first kappa shape index (κ1) is 21.2. The number of nitrogens with one attached hydrogen (secondary N) is 1. The number of halogens is 3. The fourth-order valence-electron chi connectivity index (χ4n) is 3.25. The van der Waals surface area contributed by atoms with Gasteiger partial charge in [-0.15, -0.1) is 0 Å². The van der Waals surface area contributed by atoms with E-state index in [0.29, 0.717) is 24.3 Å². The van der Waals surface area contributed by atoms with Crippen LogP contribution >= 0.6 is 0 Å². The zero-order valence-electron chi connectivity index (χ0n) is 16.5. The SMILES string of the molecule is Cc1cc(NC(=O)[C@@H]2CCO[C@H]2c2cnn(C(C)C)c2)ccc1OCC(F)(F)F. The molecule has 0 bridgehead atoms. The van der Waals surface area contributed by atoms with Gasteiger partial charge in [0.1, 0.15) is 5.75 Å². The van der Waals surface area contributed by atoms with Crippen LogP contribution in [0, 0.1) is 12.8 Å². The minimum atomic E-state index is -4.40. The largest absolute Gasteiger partial charge is 0.484 e. The highest BCUT2D eigenvalue weighted by atomic mass is 19.4. The Morgan fingerprint density at radius 3 is 2.79 bits per heavy atom. The molecule has 1 saturated heterocycles. The summed E-state index contributed by atoms with van der Waals surface area (Å²) in [4.78, 5) is 12.8. The lowest BCUT2D eigenvalue weighted by Crippen LogP contribution is -2.25. The summed E-state index contributed by atoms with van der Waals surface area (Å²) in [5, 5.41) is 7.13. The maximum absolute atomic E-state index is 12.8. The van der Waals surface area contributed by atoms with Gasteiger partial charge >= 0.3 is 6.18 Å². The molecule has 0 spiro atoms. The van der Waals surface area contributed by atoms with Crippen LogP contribution in [0.25, 0.3) is 0 Å². The van der Waals surface area contributed by atoms with Gasteiger partial charge in [0.2, 0.25) is 5.91 Å². The van der Waals surface area contributed by atoms with E-state index in [1.165, 1.54) is 12.1 Å². The molecule has 1 aromatic carbocycles. The second-order valence-corrected chi connectivity index (χ2v) is 7.41. The van der Waals surface area contributed by atoms with Crippen LogP contribution in [0.2, 0.25) is 0 Å². The van der Waals surface area contributed by atoms with Crippen LogP contribution < -0.4 is 10.1 Å². The summed E-state index contributed by atoms with van der Waals surface area (Å²) in [5.41, 5.74) is 1.85. The maximum Gasteiger partial charge on any atom is 0.422 e. The number of aryl methyl sites for hydroxylation is 1. The van der Waals surface area contributed by atoms with Crippen LogP contribution in [-0.2, 0) is 9.53 Å². The fourth-order valence-corrected chi connectivity index (χ4v) is 3.25. The number of anilines is 1. The van der Waals surface area contributed by atoms with Crippen molar-refractivity contribution in [2.75, 3.05) is 18.5 Å². The number of alkyl halides is 3. The number of nitrogens with zero attached hydrogens (tertiary/aromatic N) is 2. The van der Waals surface area contributed by atoms with Crippen molar-refractivity contribution in [1.82, 2.24) is 9.78 Å². The van der Waals surface area contributed by atoms with Gasteiger partial charge in [-0.05, 0) is 51.0 Å². The van der Waals surface area contributed by atoms with Crippen LogP contribution in [0.3, 0.4) is 0 Å². The van der Waals surface area contributed by atoms with Gasteiger partial charge in [-0.1, -0.05) is 0 Å². The van der Waals surface area contributed by atoms with Crippen molar-refractivity contribution in [2.24, 2.45) is 5.92 Å². The first-order valence-corrected chi connectivity index (χ1v) is 9.41. The van der Waals surface area contributed by atoms with Crippen molar-refractivity contribution in [2.45, 2.75) is 45.5 Å². The molecule has 6 nitrogen and oxygen atoms in total. The summed E-state index contributed by atoms with van der Waals surface area (Å²) >= 11 is 0. The van der Waals surface area contributed by atoms with Crippen molar-refractivity contribution in [3.8, 4) is 5.75 Å². The molecule has 29 heavy (non-hydrogen) atoms. The topological polar surface area (TPSA) is 65.4 Å². The molecular formula is C20H24F3N3O3. The zero-order valence-corrected chi connectivity index (χ0v) is 16.5. The predicted octanol–water partition coefficient (Wildman–Crippen LogP) is 4.43. The molecule has 0 saturated carbocycles. The van der Waals surface area contributed by atoms with Crippen molar-refractivity contribution in [1.29, 1.82) is 0 Å². The molecule has 1 aromatic heterocycles. The first-order chi connectivity index (χ1) is 13.6. The van der Waals surface area contributed by atoms with Gasteiger partial charge in [-0.2, -0.15) is 18.3 Å². The van der Waals surface area contributed by atoms with Crippen LogP contribution in [0.5, 0.6) is 5.75 Å².